The highest BCUT2D eigenvalue weighted by Crippen LogP contribution is 2.34. The molecule has 1 heterocycles. The number of benzene rings is 1. The summed E-state index contributed by atoms with van der Waals surface area (Å²) in [6, 6.07) is 5.11. The average Bonchev–Trinajstić information content (AvgIpc) is 2.34. The standard InChI is InChI=1S/C14H12Cl3N3S/c1-6-3-7(2)19-14(12(6)13(18)21)20-11-5-9(16)8(15)4-10(11)17/h3-5H,1-2H3,(H2,18,21)(H,19,20). The minimum absolute atomic E-state index is 0.263. The highest BCUT2D eigenvalue weighted by molar-refractivity contribution is 7.80. The molecule has 0 saturated carbocycles. The van der Waals surface area contributed by atoms with E-state index in [2.05, 4.69) is 10.3 Å². The predicted molar refractivity (Wildman–Crippen MR) is 94.4 cm³/mol. The molecule has 7 heteroatoms. The Balaban J connectivity index is 2.54. The predicted octanol–water partition coefficient (Wildman–Crippen LogP) is 5.04. The Labute approximate surface area is 143 Å². The fraction of sp³-hybridized carbons (Fsp3) is 0.143. The van der Waals surface area contributed by atoms with Crippen molar-refractivity contribution in [1.82, 2.24) is 4.98 Å². The number of aryl methyl sites for hydroxylation is 2. The summed E-state index contributed by atoms with van der Waals surface area (Å²) >= 11 is 23.2. The molecule has 21 heavy (non-hydrogen) atoms. The SMILES string of the molecule is Cc1cc(C)c(C(N)=S)c(Nc2cc(Cl)c(Cl)cc2Cl)n1. The van der Waals surface area contributed by atoms with E-state index in [9.17, 15) is 0 Å². The van der Waals surface area contributed by atoms with Crippen LogP contribution in [0.4, 0.5) is 11.5 Å². The first-order valence-corrected chi connectivity index (χ1v) is 7.53. The Morgan fingerprint density at radius 2 is 1.71 bits per heavy atom. The summed E-state index contributed by atoms with van der Waals surface area (Å²) in [6.45, 7) is 3.81. The molecule has 0 bridgehead atoms. The molecular formula is C14H12Cl3N3S. The number of anilines is 2. The molecule has 110 valence electrons. The molecule has 3 nitrogen and oxygen atoms in total. The summed E-state index contributed by atoms with van der Waals surface area (Å²) in [5.41, 5.74) is 8.82. The maximum atomic E-state index is 6.17. The monoisotopic (exact) mass is 359 g/mol. The van der Waals surface area contributed by atoms with Gasteiger partial charge in [-0.1, -0.05) is 47.0 Å². The van der Waals surface area contributed by atoms with Crippen molar-refractivity contribution in [1.29, 1.82) is 0 Å². The highest BCUT2D eigenvalue weighted by Gasteiger charge is 2.14. The van der Waals surface area contributed by atoms with Gasteiger partial charge in [-0.2, -0.15) is 0 Å². The highest BCUT2D eigenvalue weighted by atomic mass is 35.5. The second kappa shape index (κ2) is 6.36. The van der Waals surface area contributed by atoms with E-state index >= 15 is 0 Å². The number of thiocarbonyl (C=S) groups is 1. The fourth-order valence-electron chi connectivity index (χ4n) is 1.98. The first kappa shape index (κ1) is 16.3. The van der Waals surface area contributed by atoms with Crippen LogP contribution in [0.5, 0.6) is 0 Å². The summed E-state index contributed by atoms with van der Waals surface area (Å²) < 4.78 is 0. The third-order valence-corrected chi connectivity index (χ3v) is 4.09. The van der Waals surface area contributed by atoms with Gasteiger partial charge in [0.25, 0.3) is 0 Å². The molecule has 0 aliphatic carbocycles. The van der Waals surface area contributed by atoms with E-state index in [1.54, 1.807) is 12.1 Å². The third kappa shape index (κ3) is 3.58. The van der Waals surface area contributed by atoms with Gasteiger partial charge in [-0.05, 0) is 37.6 Å². The van der Waals surface area contributed by atoms with Crippen molar-refractivity contribution >= 4 is 63.5 Å². The van der Waals surface area contributed by atoms with Crippen molar-refractivity contribution in [3.63, 3.8) is 0 Å². The molecule has 0 spiro atoms. The van der Waals surface area contributed by atoms with Crippen molar-refractivity contribution in [2.75, 3.05) is 5.32 Å². The van der Waals surface area contributed by atoms with E-state index in [-0.39, 0.29) is 4.99 Å². The zero-order valence-corrected chi connectivity index (χ0v) is 14.4. The number of aromatic nitrogens is 1. The maximum Gasteiger partial charge on any atom is 0.141 e. The fourth-order valence-corrected chi connectivity index (χ4v) is 2.84. The van der Waals surface area contributed by atoms with Gasteiger partial charge in [0.05, 0.1) is 26.3 Å². The van der Waals surface area contributed by atoms with Crippen LogP contribution in [0.25, 0.3) is 0 Å². The van der Waals surface area contributed by atoms with Crippen LogP contribution in [0.15, 0.2) is 18.2 Å². The molecule has 3 N–H and O–H groups in total. The van der Waals surface area contributed by atoms with E-state index in [4.69, 9.17) is 52.8 Å². The minimum Gasteiger partial charge on any atom is -0.389 e. The lowest BCUT2D eigenvalue weighted by atomic mass is 10.1. The van der Waals surface area contributed by atoms with Crippen LogP contribution < -0.4 is 11.1 Å². The normalized spacial score (nSPS) is 10.5. The molecule has 2 rings (SSSR count). The summed E-state index contributed by atoms with van der Waals surface area (Å²) in [6.07, 6.45) is 0. The Hall–Kier alpha value is -1.07. The summed E-state index contributed by atoms with van der Waals surface area (Å²) in [7, 11) is 0. The maximum absolute atomic E-state index is 6.17. The topological polar surface area (TPSA) is 50.9 Å². The zero-order chi connectivity index (χ0) is 15.7. The number of nitrogens with zero attached hydrogens (tertiary/aromatic N) is 1. The number of nitrogens with two attached hydrogens (primary N) is 1. The first-order chi connectivity index (χ1) is 9.79. The Bertz CT molecular complexity index is 732. The Morgan fingerprint density at radius 1 is 1.10 bits per heavy atom. The molecule has 0 aliphatic rings. The van der Waals surface area contributed by atoms with Gasteiger partial charge in [0, 0.05) is 5.69 Å². The van der Waals surface area contributed by atoms with Crippen molar-refractivity contribution < 1.29 is 0 Å². The van der Waals surface area contributed by atoms with Crippen LogP contribution in [0.1, 0.15) is 16.8 Å². The van der Waals surface area contributed by atoms with Crippen molar-refractivity contribution in [2.24, 2.45) is 5.73 Å². The van der Waals surface area contributed by atoms with Crippen LogP contribution >= 0.6 is 47.0 Å². The van der Waals surface area contributed by atoms with Crippen molar-refractivity contribution in [2.45, 2.75) is 13.8 Å². The van der Waals surface area contributed by atoms with Gasteiger partial charge >= 0.3 is 0 Å². The van der Waals surface area contributed by atoms with E-state index in [1.165, 1.54) is 0 Å². The van der Waals surface area contributed by atoms with Crippen LogP contribution in [0.3, 0.4) is 0 Å². The van der Waals surface area contributed by atoms with Crippen molar-refractivity contribution in [3.05, 3.63) is 50.1 Å². The van der Waals surface area contributed by atoms with E-state index in [0.717, 1.165) is 11.3 Å². The van der Waals surface area contributed by atoms with Gasteiger partial charge in [0.2, 0.25) is 0 Å². The number of hydrogen-bond donors (Lipinski definition) is 2. The molecule has 0 unspecified atom stereocenters. The van der Waals surface area contributed by atoms with Gasteiger partial charge in [0.15, 0.2) is 0 Å². The summed E-state index contributed by atoms with van der Waals surface area (Å²) in [4.78, 5) is 4.69. The van der Waals surface area contributed by atoms with E-state index in [1.807, 2.05) is 19.9 Å². The first-order valence-electron chi connectivity index (χ1n) is 5.99. The lowest BCUT2D eigenvalue weighted by molar-refractivity contribution is 1.17. The Kier molecular flexibility index (Phi) is 4.94. The summed E-state index contributed by atoms with van der Waals surface area (Å²) in [5.74, 6) is 0.542. The number of hydrogen-bond acceptors (Lipinski definition) is 3. The van der Waals surface area contributed by atoms with Crippen molar-refractivity contribution in [3.8, 4) is 0 Å². The average molecular weight is 361 g/mol. The van der Waals surface area contributed by atoms with Gasteiger partial charge in [-0.25, -0.2) is 4.98 Å². The molecule has 1 aromatic heterocycles. The number of halogens is 3. The van der Waals surface area contributed by atoms with Crippen LogP contribution in [0.2, 0.25) is 15.1 Å². The second-order valence-corrected chi connectivity index (χ2v) is 6.20. The molecule has 0 fully saturated rings. The molecule has 2 aromatic rings. The lowest BCUT2D eigenvalue weighted by Gasteiger charge is -2.15. The molecule has 0 radical (unpaired) electrons. The molecule has 0 saturated heterocycles. The van der Waals surface area contributed by atoms with Gasteiger partial charge in [0.1, 0.15) is 10.8 Å². The molecule has 0 atom stereocenters. The molecule has 0 amide bonds. The number of nitrogens with one attached hydrogen (secondary N) is 1. The molecule has 1 aromatic carbocycles. The van der Waals surface area contributed by atoms with Crippen LogP contribution in [-0.2, 0) is 0 Å². The van der Waals surface area contributed by atoms with Gasteiger partial charge < -0.3 is 11.1 Å². The zero-order valence-electron chi connectivity index (χ0n) is 11.3. The Morgan fingerprint density at radius 3 is 2.33 bits per heavy atom. The second-order valence-electron chi connectivity index (χ2n) is 4.54. The molecule has 0 aliphatic heterocycles. The number of pyridine rings is 1. The minimum atomic E-state index is 0.263. The lowest BCUT2D eigenvalue weighted by Crippen LogP contribution is -2.15. The quantitative estimate of drug-likeness (QED) is 0.595. The van der Waals surface area contributed by atoms with E-state index in [0.29, 0.717) is 32.1 Å². The molecular weight excluding hydrogens is 349 g/mol. The van der Waals surface area contributed by atoms with E-state index < -0.39 is 0 Å². The van der Waals surface area contributed by atoms with Crippen LogP contribution in [-0.4, -0.2) is 9.97 Å². The number of rotatable bonds is 3. The van der Waals surface area contributed by atoms with Crippen LogP contribution in [0, 0.1) is 13.8 Å². The summed E-state index contributed by atoms with van der Waals surface area (Å²) in [5, 5.41) is 4.33. The smallest absolute Gasteiger partial charge is 0.141 e. The van der Waals surface area contributed by atoms with Gasteiger partial charge in [-0.3, -0.25) is 0 Å². The van der Waals surface area contributed by atoms with Gasteiger partial charge in [-0.15, -0.1) is 0 Å². The third-order valence-electron chi connectivity index (χ3n) is 2.85. The largest absolute Gasteiger partial charge is 0.389 e.